The lowest BCUT2D eigenvalue weighted by Crippen LogP contribution is -2.00. The van der Waals surface area contributed by atoms with Crippen LogP contribution in [0.15, 0.2) is 24.3 Å². The van der Waals surface area contributed by atoms with E-state index in [0.717, 1.165) is 0 Å². The molecule has 2 N–H and O–H groups in total. The molecule has 28 heavy (non-hydrogen) atoms. The lowest BCUT2D eigenvalue weighted by Gasteiger charge is -2.18. The number of rotatable bonds is 7. The quantitative estimate of drug-likeness (QED) is 0.637. The highest BCUT2D eigenvalue weighted by atomic mass is 16.5. The zero-order chi connectivity index (χ0) is 20.3. The Morgan fingerprint density at radius 1 is 0.786 bits per heavy atom. The van der Waals surface area contributed by atoms with Gasteiger partial charge in [-0.25, -0.2) is 0 Å². The molecule has 0 fully saturated rings. The highest BCUT2D eigenvalue weighted by Gasteiger charge is 2.25. The van der Waals surface area contributed by atoms with Crippen molar-refractivity contribution in [2.75, 3.05) is 35.5 Å². The van der Waals surface area contributed by atoms with Crippen molar-refractivity contribution < 1.29 is 28.8 Å². The molecule has 148 valence electrons. The molecule has 0 spiro atoms. The number of hydrogen-bond acceptors (Lipinski definition) is 8. The second kappa shape index (κ2) is 7.95. The van der Waals surface area contributed by atoms with Gasteiger partial charge in [0.05, 0.1) is 46.8 Å². The van der Waals surface area contributed by atoms with Crippen LogP contribution in [0, 0.1) is 0 Å². The van der Waals surface area contributed by atoms with Gasteiger partial charge >= 0.3 is 0 Å². The van der Waals surface area contributed by atoms with Crippen LogP contribution in [0.1, 0.15) is 0 Å². The molecule has 0 amide bonds. The molecule has 0 unspecified atom stereocenters. The standard InChI is InChI=1S/C19H21N3O6/c1-24-13-7-6-10(8-12(13)23)15-16(21-22-20-15)11-9-14(25-2)18(27-4)19(28-5)17(11)26-3/h6-9,23H,1-5H3,(H,20,21,22). The van der Waals surface area contributed by atoms with Crippen LogP contribution in [0.2, 0.25) is 0 Å². The second-order valence-electron chi connectivity index (χ2n) is 5.65. The fourth-order valence-electron chi connectivity index (χ4n) is 2.97. The lowest BCUT2D eigenvalue weighted by atomic mass is 10.0. The Hall–Kier alpha value is -3.62. The maximum absolute atomic E-state index is 10.1. The van der Waals surface area contributed by atoms with Crippen LogP contribution in [0.4, 0.5) is 0 Å². The van der Waals surface area contributed by atoms with Crippen LogP contribution in [0.5, 0.6) is 34.5 Å². The third-order valence-corrected chi connectivity index (χ3v) is 4.26. The molecule has 0 aliphatic rings. The van der Waals surface area contributed by atoms with Gasteiger partial charge < -0.3 is 28.8 Å². The Labute approximate surface area is 161 Å². The van der Waals surface area contributed by atoms with E-state index < -0.39 is 0 Å². The zero-order valence-electron chi connectivity index (χ0n) is 16.2. The van der Waals surface area contributed by atoms with E-state index in [2.05, 4.69) is 15.4 Å². The number of aromatic nitrogens is 3. The summed E-state index contributed by atoms with van der Waals surface area (Å²) in [5.74, 6) is 2.00. The molecule has 0 aliphatic heterocycles. The zero-order valence-corrected chi connectivity index (χ0v) is 16.2. The first-order chi connectivity index (χ1) is 13.6. The minimum Gasteiger partial charge on any atom is -0.504 e. The second-order valence-corrected chi connectivity index (χ2v) is 5.65. The molecular weight excluding hydrogens is 366 g/mol. The number of phenols is 1. The minimum absolute atomic E-state index is 0.00851. The molecule has 3 aromatic rings. The van der Waals surface area contributed by atoms with E-state index >= 15 is 0 Å². The summed E-state index contributed by atoms with van der Waals surface area (Å²) in [7, 11) is 7.56. The van der Waals surface area contributed by atoms with Crippen molar-refractivity contribution in [1.82, 2.24) is 15.4 Å². The number of aromatic hydroxyl groups is 1. The largest absolute Gasteiger partial charge is 0.504 e. The first kappa shape index (κ1) is 19.2. The van der Waals surface area contributed by atoms with Gasteiger partial charge in [0, 0.05) is 5.56 Å². The smallest absolute Gasteiger partial charge is 0.207 e. The molecule has 9 nitrogen and oxygen atoms in total. The van der Waals surface area contributed by atoms with Gasteiger partial charge in [-0.3, -0.25) is 5.10 Å². The van der Waals surface area contributed by atoms with Crippen molar-refractivity contribution in [3.05, 3.63) is 24.3 Å². The number of H-pyrrole nitrogens is 1. The molecular formula is C19H21N3O6. The van der Waals surface area contributed by atoms with Crippen LogP contribution in [-0.2, 0) is 0 Å². The fourth-order valence-corrected chi connectivity index (χ4v) is 2.97. The third kappa shape index (κ3) is 3.11. The van der Waals surface area contributed by atoms with Crippen LogP contribution < -0.4 is 23.7 Å². The Balaban J connectivity index is 2.24. The SMILES string of the molecule is COc1ccc(-c2nn[nH]c2-c2cc(OC)c(OC)c(OC)c2OC)cc1O. The molecule has 1 aromatic heterocycles. The molecule has 1 heterocycles. The summed E-state index contributed by atoms with van der Waals surface area (Å²) < 4.78 is 27.0. The number of ether oxygens (including phenoxy) is 5. The summed E-state index contributed by atoms with van der Waals surface area (Å²) in [6, 6.07) is 6.70. The van der Waals surface area contributed by atoms with Crippen molar-refractivity contribution in [3.63, 3.8) is 0 Å². The van der Waals surface area contributed by atoms with Gasteiger partial charge in [0.25, 0.3) is 0 Å². The van der Waals surface area contributed by atoms with E-state index in [9.17, 15) is 5.11 Å². The Morgan fingerprint density at radius 2 is 1.46 bits per heavy atom. The Kier molecular flexibility index (Phi) is 5.44. The highest BCUT2D eigenvalue weighted by molar-refractivity contribution is 5.85. The summed E-state index contributed by atoms with van der Waals surface area (Å²) in [5.41, 5.74) is 2.30. The molecule has 0 aliphatic carbocycles. The molecule has 3 rings (SSSR count). The normalized spacial score (nSPS) is 10.5. The van der Waals surface area contributed by atoms with Gasteiger partial charge in [-0.15, -0.1) is 5.10 Å². The number of benzene rings is 2. The molecule has 2 aromatic carbocycles. The van der Waals surface area contributed by atoms with Crippen molar-refractivity contribution >= 4 is 0 Å². The topological polar surface area (TPSA) is 108 Å². The number of aromatic amines is 1. The predicted octanol–water partition coefficient (Wildman–Crippen LogP) is 2.89. The number of nitrogens with zero attached hydrogens (tertiary/aromatic N) is 2. The average molecular weight is 387 g/mol. The number of nitrogens with one attached hydrogen (secondary N) is 1. The van der Waals surface area contributed by atoms with Crippen LogP contribution in [-0.4, -0.2) is 56.1 Å². The van der Waals surface area contributed by atoms with Crippen LogP contribution >= 0.6 is 0 Å². The molecule has 9 heteroatoms. The van der Waals surface area contributed by atoms with Gasteiger partial charge in [-0.05, 0) is 24.3 Å². The molecule has 0 saturated heterocycles. The van der Waals surface area contributed by atoms with E-state index in [-0.39, 0.29) is 5.75 Å². The first-order valence-electron chi connectivity index (χ1n) is 8.25. The predicted molar refractivity (Wildman–Crippen MR) is 102 cm³/mol. The van der Waals surface area contributed by atoms with Crippen LogP contribution in [0.25, 0.3) is 22.5 Å². The monoisotopic (exact) mass is 387 g/mol. The molecule has 0 bridgehead atoms. The van der Waals surface area contributed by atoms with E-state index in [4.69, 9.17) is 23.7 Å². The maximum Gasteiger partial charge on any atom is 0.207 e. The summed E-state index contributed by atoms with van der Waals surface area (Å²) in [6.07, 6.45) is 0. The van der Waals surface area contributed by atoms with E-state index in [0.29, 0.717) is 51.3 Å². The Bertz CT molecular complexity index is 986. The highest BCUT2D eigenvalue weighted by Crippen LogP contribution is 2.50. The van der Waals surface area contributed by atoms with Gasteiger partial charge in [-0.2, -0.15) is 0 Å². The number of phenolic OH excluding ortho intramolecular Hbond substituents is 1. The van der Waals surface area contributed by atoms with Crippen LogP contribution in [0.3, 0.4) is 0 Å². The van der Waals surface area contributed by atoms with Crippen molar-refractivity contribution in [2.24, 2.45) is 0 Å². The summed E-state index contributed by atoms with van der Waals surface area (Å²) in [5, 5.41) is 21.1. The van der Waals surface area contributed by atoms with Gasteiger partial charge in [-0.1, -0.05) is 5.21 Å². The Morgan fingerprint density at radius 3 is 2.04 bits per heavy atom. The number of hydrogen-bond donors (Lipinski definition) is 2. The molecule has 0 radical (unpaired) electrons. The van der Waals surface area contributed by atoms with Gasteiger partial charge in [0.2, 0.25) is 11.5 Å². The summed E-state index contributed by atoms with van der Waals surface area (Å²) >= 11 is 0. The maximum atomic E-state index is 10.1. The summed E-state index contributed by atoms with van der Waals surface area (Å²) in [4.78, 5) is 0. The van der Waals surface area contributed by atoms with E-state index in [1.165, 1.54) is 35.5 Å². The van der Waals surface area contributed by atoms with Crippen molar-refractivity contribution in [1.29, 1.82) is 0 Å². The van der Waals surface area contributed by atoms with Crippen molar-refractivity contribution in [3.8, 4) is 57.0 Å². The van der Waals surface area contributed by atoms with E-state index in [1.807, 2.05) is 0 Å². The van der Waals surface area contributed by atoms with E-state index in [1.54, 1.807) is 24.3 Å². The minimum atomic E-state index is -0.00851. The third-order valence-electron chi connectivity index (χ3n) is 4.26. The summed E-state index contributed by atoms with van der Waals surface area (Å²) in [6.45, 7) is 0. The van der Waals surface area contributed by atoms with Gasteiger partial charge in [0.1, 0.15) is 5.69 Å². The average Bonchev–Trinajstić information content (AvgIpc) is 3.21. The molecule has 0 atom stereocenters. The fraction of sp³-hybridized carbons (Fsp3) is 0.263. The number of methoxy groups -OCH3 is 5. The van der Waals surface area contributed by atoms with Gasteiger partial charge in [0.15, 0.2) is 23.0 Å². The first-order valence-corrected chi connectivity index (χ1v) is 8.25. The van der Waals surface area contributed by atoms with Crippen molar-refractivity contribution in [2.45, 2.75) is 0 Å². The lowest BCUT2D eigenvalue weighted by molar-refractivity contribution is 0.306. The molecule has 0 saturated carbocycles.